The standard InChI is InChI=1S/C20H20N4O/c1-25-18-8-6-17(7-9-18)23-19-12-20(22-14-21-19)24-11-10-15-4-2-3-5-16(15)13-24/h2-9,12,14H,10-11,13H2,1H3,(H,21,22,23). The third-order valence-corrected chi connectivity index (χ3v) is 4.47. The topological polar surface area (TPSA) is 50.3 Å². The maximum Gasteiger partial charge on any atom is 0.135 e. The summed E-state index contributed by atoms with van der Waals surface area (Å²) < 4.78 is 5.19. The number of ether oxygens (including phenoxy) is 1. The van der Waals surface area contributed by atoms with Crippen LogP contribution in [0, 0.1) is 0 Å². The van der Waals surface area contributed by atoms with Gasteiger partial charge in [-0.1, -0.05) is 24.3 Å². The molecule has 2 heterocycles. The van der Waals surface area contributed by atoms with Crippen LogP contribution in [0.2, 0.25) is 0 Å². The van der Waals surface area contributed by atoms with Crippen LogP contribution in [0.1, 0.15) is 11.1 Å². The summed E-state index contributed by atoms with van der Waals surface area (Å²) in [7, 11) is 1.66. The van der Waals surface area contributed by atoms with Crippen LogP contribution in [0.15, 0.2) is 60.9 Å². The number of benzene rings is 2. The zero-order chi connectivity index (χ0) is 17.1. The molecule has 1 N–H and O–H groups in total. The van der Waals surface area contributed by atoms with E-state index in [4.69, 9.17) is 4.74 Å². The van der Waals surface area contributed by atoms with E-state index < -0.39 is 0 Å². The summed E-state index contributed by atoms with van der Waals surface area (Å²) in [6.45, 7) is 1.85. The molecular formula is C20H20N4O. The van der Waals surface area contributed by atoms with Crippen LogP contribution in [0.25, 0.3) is 0 Å². The lowest BCUT2D eigenvalue weighted by Gasteiger charge is -2.29. The molecule has 5 heteroatoms. The Morgan fingerprint density at radius 2 is 1.80 bits per heavy atom. The van der Waals surface area contributed by atoms with Crippen molar-refractivity contribution in [1.29, 1.82) is 0 Å². The molecule has 0 radical (unpaired) electrons. The Kier molecular flexibility index (Phi) is 4.21. The van der Waals surface area contributed by atoms with Gasteiger partial charge in [0.15, 0.2) is 0 Å². The third-order valence-electron chi connectivity index (χ3n) is 4.47. The lowest BCUT2D eigenvalue weighted by atomic mass is 10.00. The van der Waals surface area contributed by atoms with E-state index >= 15 is 0 Å². The van der Waals surface area contributed by atoms with Gasteiger partial charge in [-0.25, -0.2) is 9.97 Å². The normalized spacial score (nSPS) is 13.2. The van der Waals surface area contributed by atoms with Gasteiger partial charge in [-0.3, -0.25) is 0 Å². The van der Waals surface area contributed by atoms with Crippen LogP contribution in [-0.4, -0.2) is 23.6 Å². The average Bonchev–Trinajstić information content (AvgIpc) is 2.68. The maximum atomic E-state index is 5.19. The van der Waals surface area contributed by atoms with Crippen molar-refractivity contribution >= 4 is 17.3 Å². The summed E-state index contributed by atoms with van der Waals surface area (Å²) in [5.74, 6) is 2.57. The summed E-state index contributed by atoms with van der Waals surface area (Å²) in [6, 6.07) is 18.4. The number of nitrogens with one attached hydrogen (secondary N) is 1. The fourth-order valence-corrected chi connectivity index (χ4v) is 3.10. The molecule has 1 aliphatic heterocycles. The summed E-state index contributed by atoms with van der Waals surface area (Å²) in [5.41, 5.74) is 3.77. The van der Waals surface area contributed by atoms with Crippen LogP contribution in [0.3, 0.4) is 0 Å². The van der Waals surface area contributed by atoms with Crippen molar-refractivity contribution in [2.75, 3.05) is 23.9 Å². The molecular weight excluding hydrogens is 312 g/mol. The molecule has 0 atom stereocenters. The number of aromatic nitrogens is 2. The molecule has 1 aromatic heterocycles. The number of methoxy groups -OCH3 is 1. The average molecular weight is 332 g/mol. The monoisotopic (exact) mass is 332 g/mol. The van der Waals surface area contributed by atoms with Crippen LogP contribution in [0.5, 0.6) is 5.75 Å². The lowest BCUT2D eigenvalue weighted by molar-refractivity contribution is 0.415. The number of rotatable bonds is 4. The first-order chi connectivity index (χ1) is 12.3. The highest BCUT2D eigenvalue weighted by molar-refractivity contribution is 5.60. The minimum atomic E-state index is 0.786. The van der Waals surface area contributed by atoms with Gasteiger partial charge in [-0.05, 0) is 41.8 Å². The SMILES string of the molecule is COc1ccc(Nc2cc(N3CCc4ccccc4C3)ncn2)cc1. The van der Waals surface area contributed by atoms with Crippen molar-refractivity contribution in [1.82, 2.24) is 9.97 Å². The lowest BCUT2D eigenvalue weighted by Crippen LogP contribution is -2.31. The molecule has 0 spiro atoms. The fraction of sp³-hybridized carbons (Fsp3) is 0.200. The summed E-state index contributed by atoms with van der Waals surface area (Å²) in [5, 5.41) is 3.32. The molecule has 0 amide bonds. The molecule has 126 valence electrons. The molecule has 0 fully saturated rings. The van der Waals surface area contributed by atoms with E-state index in [0.717, 1.165) is 42.6 Å². The van der Waals surface area contributed by atoms with E-state index in [1.807, 2.05) is 30.3 Å². The van der Waals surface area contributed by atoms with E-state index in [0.29, 0.717) is 0 Å². The zero-order valence-electron chi connectivity index (χ0n) is 14.1. The Hall–Kier alpha value is -3.08. The Morgan fingerprint density at radius 3 is 2.60 bits per heavy atom. The second kappa shape index (κ2) is 6.81. The number of hydrogen-bond donors (Lipinski definition) is 1. The second-order valence-corrected chi connectivity index (χ2v) is 6.06. The highest BCUT2D eigenvalue weighted by Gasteiger charge is 2.17. The Morgan fingerprint density at radius 1 is 1.00 bits per heavy atom. The first kappa shape index (κ1) is 15.4. The first-order valence-corrected chi connectivity index (χ1v) is 8.37. The Labute approximate surface area is 147 Å². The number of nitrogens with zero attached hydrogens (tertiary/aromatic N) is 3. The minimum absolute atomic E-state index is 0.786. The van der Waals surface area contributed by atoms with Gasteiger partial charge in [-0.2, -0.15) is 0 Å². The van der Waals surface area contributed by atoms with E-state index in [-0.39, 0.29) is 0 Å². The first-order valence-electron chi connectivity index (χ1n) is 8.37. The van der Waals surface area contributed by atoms with Gasteiger partial charge >= 0.3 is 0 Å². The van der Waals surface area contributed by atoms with Crippen molar-refractivity contribution in [3.63, 3.8) is 0 Å². The van der Waals surface area contributed by atoms with E-state index in [9.17, 15) is 0 Å². The molecule has 4 rings (SSSR count). The molecule has 0 saturated heterocycles. The van der Waals surface area contributed by atoms with Crippen molar-refractivity contribution < 1.29 is 4.74 Å². The van der Waals surface area contributed by atoms with E-state index in [1.165, 1.54) is 11.1 Å². The molecule has 2 aromatic carbocycles. The molecule has 25 heavy (non-hydrogen) atoms. The summed E-state index contributed by atoms with van der Waals surface area (Å²) in [6.07, 6.45) is 2.66. The number of anilines is 3. The summed E-state index contributed by atoms with van der Waals surface area (Å²) in [4.78, 5) is 11.1. The third kappa shape index (κ3) is 3.40. The minimum Gasteiger partial charge on any atom is -0.497 e. The maximum absolute atomic E-state index is 5.19. The number of hydrogen-bond acceptors (Lipinski definition) is 5. The van der Waals surface area contributed by atoms with Crippen LogP contribution in [-0.2, 0) is 13.0 Å². The van der Waals surface area contributed by atoms with Gasteiger partial charge in [0.2, 0.25) is 0 Å². The molecule has 0 aliphatic carbocycles. The van der Waals surface area contributed by atoms with Gasteiger partial charge in [0.25, 0.3) is 0 Å². The Bertz CT molecular complexity index is 864. The van der Waals surface area contributed by atoms with Crippen LogP contribution >= 0.6 is 0 Å². The molecule has 0 saturated carbocycles. The van der Waals surface area contributed by atoms with Crippen molar-refractivity contribution in [2.45, 2.75) is 13.0 Å². The highest BCUT2D eigenvalue weighted by atomic mass is 16.5. The van der Waals surface area contributed by atoms with Crippen molar-refractivity contribution in [3.8, 4) is 5.75 Å². The highest BCUT2D eigenvalue weighted by Crippen LogP contribution is 2.25. The second-order valence-electron chi connectivity index (χ2n) is 6.06. The molecule has 3 aromatic rings. The predicted molar refractivity (Wildman–Crippen MR) is 99.5 cm³/mol. The van der Waals surface area contributed by atoms with E-state index in [1.54, 1.807) is 13.4 Å². The zero-order valence-corrected chi connectivity index (χ0v) is 14.1. The van der Waals surface area contributed by atoms with Gasteiger partial charge in [0, 0.05) is 24.8 Å². The summed E-state index contributed by atoms with van der Waals surface area (Å²) >= 11 is 0. The van der Waals surface area contributed by atoms with E-state index in [2.05, 4.69) is 44.5 Å². The van der Waals surface area contributed by atoms with Gasteiger partial charge < -0.3 is 15.0 Å². The van der Waals surface area contributed by atoms with Gasteiger partial charge in [-0.15, -0.1) is 0 Å². The predicted octanol–water partition coefficient (Wildman–Crippen LogP) is 3.79. The smallest absolute Gasteiger partial charge is 0.135 e. The largest absolute Gasteiger partial charge is 0.497 e. The molecule has 0 bridgehead atoms. The quantitative estimate of drug-likeness (QED) is 0.788. The van der Waals surface area contributed by atoms with Gasteiger partial charge in [0.1, 0.15) is 23.7 Å². The van der Waals surface area contributed by atoms with Crippen LogP contribution in [0.4, 0.5) is 17.3 Å². The number of fused-ring (bicyclic) bond motifs is 1. The molecule has 0 unspecified atom stereocenters. The molecule has 5 nitrogen and oxygen atoms in total. The van der Waals surface area contributed by atoms with Gasteiger partial charge in [0.05, 0.1) is 7.11 Å². The Balaban J connectivity index is 1.51. The molecule has 1 aliphatic rings. The van der Waals surface area contributed by atoms with Crippen molar-refractivity contribution in [3.05, 3.63) is 72.1 Å². The van der Waals surface area contributed by atoms with Crippen molar-refractivity contribution in [2.24, 2.45) is 0 Å². The fourth-order valence-electron chi connectivity index (χ4n) is 3.10. The van der Waals surface area contributed by atoms with Crippen LogP contribution < -0.4 is 15.0 Å².